The summed E-state index contributed by atoms with van der Waals surface area (Å²) in [5.74, 6) is 0. The van der Waals surface area contributed by atoms with Crippen molar-refractivity contribution in [1.82, 2.24) is 15.5 Å². The van der Waals surface area contributed by atoms with Gasteiger partial charge in [-0.15, -0.1) is 0 Å². The summed E-state index contributed by atoms with van der Waals surface area (Å²) in [6.07, 6.45) is 2.45. The molecule has 1 fully saturated rings. The van der Waals surface area contributed by atoms with Gasteiger partial charge >= 0.3 is 0 Å². The van der Waals surface area contributed by atoms with Crippen LogP contribution < -0.4 is 5.32 Å². The van der Waals surface area contributed by atoms with Gasteiger partial charge in [-0.05, 0) is 59.9 Å². The minimum Gasteiger partial charge on any atom is -0.308 e. The number of nitrogens with zero attached hydrogens (tertiary/aromatic N) is 1. The number of rotatable bonds is 1. The number of hydrogen-bond acceptors (Lipinski definition) is 2. The maximum Gasteiger partial charge on any atom is 0.108 e. The topological polar surface area (TPSA) is 40.7 Å². The Bertz CT molecular complexity index is 526. The van der Waals surface area contributed by atoms with Crippen LogP contribution in [0.2, 0.25) is 0 Å². The maximum absolute atomic E-state index is 4.22. The Morgan fingerprint density at radius 2 is 2.31 bits per heavy atom. The van der Waals surface area contributed by atoms with Crippen LogP contribution in [-0.2, 0) is 5.54 Å². The number of hydrogen-bond donors (Lipinski definition) is 2. The molecule has 0 amide bonds. The van der Waals surface area contributed by atoms with E-state index in [1.54, 1.807) is 0 Å². The maximum atomic E-state index is 4.22. The standard InChI is InChI=1S/C12H14BrN3/c1-12(5-2-6-14-12)8-3-4-10-9(7-8)11(13)16-15-10/h3-4,7,14H,2,5-6H2,1H3,(H,15,16). The summed E-state index contributed by atoms with van der Waals surface area (Å²) in [6, 6.07) is 6.48. The van der Waals surface area contributed by atoms with E-state index < -0.39 is 0 Å². The van der Waals surface area contributed by atoms with Gasteiger partial charge in [0.2, 0.25) is 0 Å². The van der Waals surface area contributed by atoms with Gasteiger partial charge in [0.1, 0.15) is 4.60 Å². The Kier molecular flexibility index (Phi) is 2.30. The average Bonchev–Trinajstić information content (AvgIpc) is 2.87. The quantitative estimate of drug-likeness (QED) is 0.843. The first kappa shape index (κ1) is 10.3. The summed E-state index contributed by atoms with van der Waals surface area (Å²) < 4.78 is 0.964. The van der Waals surface area contributed by atoms with E-state index in [4.69, 9.17) is 0 Å². The normalized spacial score (nSPS) is 25.4. The number of H-pyrrole nitrogens is 1. The minimum absolute atomic E-state index is 0.130. The van der Waals surface area contributed by atoms with E-state index in [2.05, 4.69) is 56.6 Å². The smallest absolute Gasteiger partial charge is 0.108 e. The number of halogens is 1. The molecule has 1 unspecified atom stereocenters. The van der Waals surface area contributed by atoms with Crippen LogP contribution >= 0.6 is 15.9 Å². The first-order valence-corrected chi connectivity index (χ1v) is 6.37. The van der Waals surface area contributed by atoms with E-state index in [1.807, 2.05) is 0 Å². The molecule has 16 heavy (non-hydrogen) atoms. The highest BCUT2D eigenvalue weighted by molar-refractivity contribution is 9.10. The zero-order chi connectivity index (χ0) is 11.2. The summed E-state index contributed by atoms with van der Waals surface area (Å²) in [5, 5.41) is 11.9. The second kappa shape index (κ2) is 3.57. The third-order valence-electron chi connectivity index (χ3n) is 3.51. The molecule has 1 aliphatic rings. The molecular formula is C12H14BrN3. The van der Waals surface area contributed by atoms with Crippen molar-refractivity contribution in [1.29, 1.82) is 0 Å². The van der Waals surface area contributed by atoms with Crippen molar-refractivity contribution < 1.29 is 0 Å². The van der Waals surface area contributed by atoms with Crippen LogP contribution in [-0.4, -0.2) is 16.7 Å². The molecule has 0 radical (unpaired) electrons. The lowest BCUT2D eigenvalue weighted by atomic mass is 9.90. The lowest BCUT2D eigenvalue weighted by Crippen LogP contribution is -2.32. The van der Waals surface area contributed by atoms with E-state index in [0.29, 0.717) is 0 Å². The van der Waals surface area contributed by atoms with Gasteiger partial charge in [0.25, 0.3) is 0 Å². The van der Waals surface area contributed by atoms with Crippen LogP contribution in [0.15, 0.2) is 22.8 Å². The molecule has 2 N–H and O–H groups in total. The lowest BCUT2D eigenvalue weighted by Gasteiger charge is -2.25. The molecule has 84 valence electrons. The Balaban J connectivity index is 2.13. The Morgan fingerprint density at radius 3 is 3.06 bits per heavy atom. The molecule has 1 atom stereocenters. The highest BCUT2D eigenvalue weighted by Crippen LogP contribution is 2.33. The molecule has 1 aromatic carbocycles. The van der Waals surface area contributed by atoms with Crippen molar-refractivity contribution in [3.63, 3.8) is 0 Å². The van der Waals surface area contributed by atoms with Gasteiger partial charge in [-0.25, -0.2) is 0 Å². The van der Waals surface area contributed by atoms with E-state index in [9.17, 15) is 0 Å². The van der Waals surface area contributed by atoms with E-state index in [0.717, 1.165) is 22.1 Å². The minimum atomic E-state index is 0.130. The first-order chi connectivity index (χ1) is 7.69. The largest absolute Gasteiger partial charge is 0.308 e. The molecule has 2 aromatic rings. The van der Waals surface area contributed by atoms with Crippen LogP contribution in [0.4, 0.5) is 0 Å². The highest BCUT2D eigenvalue weighted by atomic mass is 79.9. The second-order valence-corrected chi connectivity index (χ2v) is 5.42. The summed E-state index contributed by atoms with van der Waals surface area (Å²) in [7, 11) is 0. The fourth-order valence-corrected chi connectivity index (χ4v) is 2.87. The van der Waals surface area contributed by atoms with Crippen molar-refractivity contribution >= 4 is 26.8 Å². The fourth-order valence-electron chi connectivity index (χ4n) is 2.46. The lowest BCUT2D eigenvalue weighted by molar-refractivity contribution is 0.435. The molecule has 1 aliphatic heterocycles. The van der Waals surface area contributed by atoms with Crippen molar-refractivity contribution in [2.45, 2.75) is 25.3 Å². The molecule has 4 heteroatoms. The van der Waals surface area contributed by atoms with Gasteiger partial charge in [0.15, 0.2) is 0 Å². The molecule has 1 saturated heterocycles. The number of fused-ring (bicyclic) bond motifs is 1. The molecule has 0 bridgehead atoms. The average molecular weight is 280 g/mol. The zero-order valence-electron chi connectivity index (χ0n) is 9.18. The molecule has 0 saturated carbocycles. The third kappa shape index (κ3) is 1.48. The van der Waals surface area contributed by atoms with E-state index in [-0.39, 0.29) is 5.54 Å². The molecule has 0 spiro atoms. The third-order valence-corrected chi connectivity index (χ3v) is 4.12. The van der Waals surface area contributed by atoms with Gasteiger partial charge in [0.05, 0.1) is 5.52 Å². The van der Waals surface area contributed by atoms with Crippen molar-refractivity contribution in [2.75, 3.05) is 6.54 Å². The van der Waals surface area contributed by atoms with E-state index in [1.165, 1.54) is 18.4 Å². The first-order valence-electron chi connectivity index (χ1n) is 5.58. The van der Waals surface area contributed by atoms with Crippen LogP contribution in [0.25, 0.3) is 10.9 Å². The molecule has 3 nitrogen and oxygen atoms in total. The SMILES string of the molecule is CC1(c2ccc3n[nH]c(Br)c3c2)CCCN1. The van der Waals surface area contributed by atoms with Crippen LogP contribution in [0, 0.1) is 0 Å². The summed E-state index contributed by atoms with van der Waals surface area (Å²) in [4.78, 5) is 0. The summed E-state index contributed by atoms with van der Waals surface area (Å²) >= 11 is 3.49. The second-order valence-electron chi connectivity index (χ2n) is 4.63. The molecule has 3 rings (SSSR count). The number of aromatic nitrogens is 2. The highest BCUT2D eigenvalue weighted by Gasteiger charge is 2.30. The van der Waals surface area contributed by atoms with Gasteiger partial charge in [-0.2, -0.15) is 5.10 Å². The molecule has 0 aliphatic carbocycles. The summed E-state index contributed by atoms with van der Waals surface area (Å²) in [6.45, 7) is 3.39. The van der Waals surface area contributed by atoms with Crippen LogP contribution in [0.5, 0.6) is 0 Å². The van der Waals surface area contributed by atoms with Gasteiger partial charge in [-0.1, -0.05) is 6.07 Å². The number of nitrogens with one attached hydrogen (secondary N) is 2. The van der Waals surface area contributed by atoms with Gasteiger partial charge in [-0.3, -0.25) is 5.10 Å². The molecule has 1 aromatic heterocycles. The number of aromatic amines is 1. The number of benzene rings is 1. The van der Waals surface area contributed by atoms with E-state index >= 15 is 0 Å². The Hall–Kier alpha value is -0.870. The Labute approximate surface area is 103 Å². The molecular weight excluding hydrogens is 266 g/mol. The predicted octanol–water partition coefficient (Wildman–Crippen LogP) is 2.92. The predicted molar refractivity (Wildman–Crippen MR) is 68.4 cm³/mol. The van der Waals surface area contributed by atoms with Crippen molar-refractivity contribution in [3.8, 4) is 0 Å². The van der Waals surface area contributed by atoms with Crippen molar-refractivity contribution in [2.24, 2.45) is 0 Å². The summed E-state index contributed by atoms with van der Waals surface area (Å²) in [5.41, 5.74) is 2.49. The molecule has 2 heterocycles. The van der Waals surface area contributed by atoms with Gasteiger partial charge < -0.3 is 5.32 Å². The zero-order valence-corrected chi connectivity index (χ0v) is 10.8. The van der Waals surface area contributed by atoms with Gasteiger partial charge in [0, 0.05) is 10.9 Å². The van der Waals surface area contributed by atoms with Crippen LogP contribution in [0.1, 0.15) is 25.3 Å². The fraction of sp³-hybridized carbons (Fsp3) is 0.417. The van der Waals surface area contributed by atoms with Crippen LogP contribution in [0.3, 0.4) is 0 Å². The monoisotopic (exact) mass is 279 g/mol. The van der Waals surface area contributed by atoms with Crippen molar-refractivity contribution in [3.05, 3.63) is 28.4 Å². The Morgan fingerprint density at radius 1 is 1.44 bits per heavy atom.